The van der Waals surface area contributed by atoms with Crippen LogP contribution in [0.3, 0.4) is 0 Å². The molecule has 1 N–H and O–H groups in total. The Kier molecular flexibility index (Phi) is 6.30. The van der Waals surface area contributed by atoms with E-state index >= 15 is 0 Å². The first-order chi connectivity index (χ1) is 8.38. The van der Waals surface area contributed by atoms with Crippen LogP contribution in [0, 0.1) is 25.7 Å². The van der Waals surface area contributed by atoms with Gasteiger partial charge in [0.05, 0.1) is 10.7 Å². The van der Waals surface area contributed by atoms with Crippen LogP contribution in [0.5, 0.6) is 0 Å². The summed E-state index contributed by atoms with van der Waals surface area (Å²) in [6.45, 7) is 14.4. The minimum Gasteiger partial charge on any atom is -0.314 e. The highest BCUT2D eigenvalue weighted by Crippen LogP contribution is 2.22. The van der Waals surface area contributed by atoms with Crippen LogP contribution in [-0.2, 0) is 6.42 Å². The summed E-state index contributed by atoms with van der Waals surface area (Å²) in [5, 5.41) is 4.88. The second kappa shape index (κ2) is 7.25. The number of nitrogens with one attached hydrogen (secondary N) is 1. The predicted octanol–water partition coefficient (Wildman–Crippen LogP) is 3.96. The van der Waals surface area contributed by atoms with Crippen molar-refractivity contribution in [1.82, 2.24) is 10.3 Å². The molecule has 1 unspecified atom stereocenters. The summed E-state index contributed by atoms with van der Waals surface area (Å²) in [5.41, 5.74) is 1.20. The zero-order chi connectivity index (χ0) is 13.7. The summed E-state index contributed by atoms with van der Waals surface area (Å²) in [6, 6.07) is 0.569. The van der Waals surface area contributed by atoms with E-state index in [-0.39, 0.29) is 0 Å². The molecule has 1 rings (SSSR count). The van der Waals surface area contributed by atoms with Crippen LogP contribution in [0.15, 0.2) is 0 Å². The van der Waals surface area contributed by atoms with Crippen LogP contribution < -0.4 is 5.32 Å². The Hall–Kier alpha value is -0.410. The van der Waals surface area contributed by atoms with Gasteiger partial charge in [-0.25, -0.2) is 4.98 Å². The highest BCUT2D eigenvalue weighted by Gasteiger charge is 2.15. The predicted molar refractivity (Wildman–Crippen MR) is 81.4 cm³/mol. The minimum absolute atomic E-state index is 0.569. The topological polar surface area (TPSA) is 24.9 Å². The van der Waals surface area contributed by atoms with E-state index in [1.807, 2.05) is 11.3 Å². The van der Waals surface area contributed by atoms with E-state index in [1.54, 1.807) is 0 Å². The Balaban J connectivity index is 2.59. The van der Waals surface area contributed by atoms with Gasteiger partial charge in [-0.1, -0.05) is 27.7 Å². The molecule has 0 aliphatic rings. The summed E-state index contributed by atoms with van der Waals surface area (Å²) in [4.78, 5) is 6.04. The molecular formula is C15H28N2S. The number of hydrogen-bond acceptors (Lipinski definition) is 3. The fourth-order valence-corrected chi connectivity index (χ4v) is 3.23. The van der Waals surface area contributed by atoms with Gasteiger partial charge in [-0.15, -0.1) is 11.3 Å². The number of nitrogens with zero attached hydrogens (tertiary/aromatic N) is 1. The largest absolute Gasteiger partial charge is 0.314 e. The third-order valence-corrected chi connectivity index (χ3v) is 4.25. The minimum atomic E-state index is 0.569. The molecular weight excluding hydrogens is 240 g/mol. The van der Waals surface area contributed by atoms with Gasteiger partial charge in [0.25, 0.3) is 0 Å². The first-order valence-electron chi connectivity index (χ1n) is 7.04. The van der Waals surface area contributed by atoms with Crippen LogP contribution in [0.2, 0.25) is 0 Å². The van der Waals surface area contributed by atoms with Crippen molar-refractivity contribution in [3.8, 4) is 0 Å². The lowest BCUT2D eigenvalue weighted by molar-refractivity contribution is 0.372. The molecule has 0 amide bonds. The fraction of sp³-hybridized carbons (Fsp3) is 0.800. The third-order valence-electron chi connectivity index (χ3n) is 3.16. The number of aryl methyl sites for hydroxylation is 2. The Morgan fingerprint density at radius 1 is 1.17 bits per heavy atom. The third kappa shape index (κ3) is 5.49. The molecule has 0 aliphatic heterocycles. The van der Waals surface area contributed by atoms with E-state index in [1.165, 1.54) is 22.0 Å². The molecule has 1 heterocycles. The number of hydrogen-bond donors (Lipinski definition) is 1. The molecule has 1 aromatic rings. The van der Waals surface area contributed by atoms with Gasteiger partial charge in [-0.05, 0) is 38.6 Å². The van der Waals surface area contributed by atoms with Gasteiger partial charge in [-0.3, -0.25) is 0 Å². The normalized spacial score (nSPS) is 13.6. The monoisotopic (exact) mass is 268 g/mol. The molecule has 104 valence electrons. The fourth-order valence-electron chi connectivity index (χ4n) is 2.18. The maximum atomic E-state index is 4.68. The first kappa shape index (κ1) is 15.6. The van der Waals surface area contributed by atoms with Gasteiger partial charge in [-0.2, -0.15) is 0 Å². The summed E-state index contributed by atoms with van der Waals surface area (Å²) >= 11 is 1.87. The van der Waals surface area contributed by atoms with Gasteiger partial charge < -0.3 is 5.32 Å². The molecule has 0 spiro atoms. The summed E-state index contributed by atoms with van der Waals surface area (Å²) in [7, 11) is 0. The highest BCUT2D eigenvalue weighted by atomic mass is 32.1. The molecule has 18 heavy (non-hydrogen) atoms. The lowest BCUT2D eigenvalue weighted by Crippen LogP contribution is -2.30. The van der Waals surface area contributed by atoms with Crippen molar-refractivity contribution >= 4 is 11.3 Å². The Bertz CT molecular complexity index is 336. The van der Waals surface area contributed by atoms with Crippen LogP contribution in [-0.4, -0.2) is 17.6 Å². The summed E-state index contributed by atoms with van der Waals surface area (Å²) in [5.74, 6) is 1.46. The van der Waals surface area contributed by atoms with Gasteiger partial charge in [0.1, 0.15) is 0 Å². The van der Waals surface area contributed by atoms with E-state index in [0.29, 0.717) is 12.0 Å². The van der Waals surface area contributed by atoms with Crippen LogP contribution >= 0.6 is 11.3 Å². The van der Waals surface area contributed by atoms with Gasteiger partial charge >= 0.3 is 0 Å². The molecule has 0 radical (unpaired) electrons. The van der Waals surface area contributed by atoms with E-state index in [0.717, 1.165) is 18.9 Å². The van der Waals surface area contributed by atoms with Gasteiger partial charge in [0.15, 0.2) is 0 Å². The summed E-state index contributed by atoms with van der Waals surface area (Å²) < 4.78 is 0. The van der Waals surface area contributed by atoms with Crippen molar-refractivity contribution in [3.05, 3.63) is 15.6 Å². The van der Waals surface area contributed by atoms with E-state index in [4.69, 9.17) is 0 Å². The van der Waals surface area contributed by atoms with Gasteiger partial charge in [0.2, 0.25) is 0 Å². The number of aromatic nitrogens is 1. The van der Waals surface area contributed by atoms with E-state index in [2.05, 4.69) is 51.8 Å². The SMILES string of the molecule is Cc1nc(CC(CNC(C)C)CC(C)C)sc1C. The van der Waals surface area contributed by atoms with Gasteiger partial charge in [0, 0.05) is 17.3 Å². The summed E-state index contributed by atoms with van der Waals surface area (Å²) in [6.07, 6.45) is 2.40. The van der Waals surface area contributed by atoms with Crippen LogP contribution in [0.25, 0.3) is 0 Å². The van der Waals surface area contributed by atoms with Crippen molar-refractivity contribution in [3.63, 3.8) is 0 Å². The standard InChI is InChI=1S/C15H28N2S/c1-10(2)7-14(9-16-11(3)4)8-15-17-12(5)13(6)18-15/h10-11,14,16H,7-9H2,1-6H3. The molecule has 0 fully saturated rings. The maximum absolute atomic E-state index is 4.68. The molecule has 0 aliphatic carbocycles. The zero-order valence-corrected chi connectivity index (χ0v) is 13.5. The second-order valence-electron chi connectivity index (χ2n) is 6.01. The van der Waals surface area contributed by atoms with Crippen LogP contribution in [0.4, 0.5) is 0 Å². The Morgan fingerprint density at radius 2 is 1.83 bits per heavy atom. The lowest BCUT2D eigenvalue weighted by atomic mass is 9.94. The molecule has 0 bridgehead atoms. The highest BCUT2D eigenvalue weighted by molar-refractivity contribution is 7.11. The quantitative estimate of drug-likeness (QED) is 0.809. The molecule has 3 heteroatoms. The Labute approximate surface area is 116 Å². The smallest absolute Gasteiger partial charge is 0.0934 e. The molecule has 0 aromatic carbocycles. The molecule has 1 atom stereocenters. The molecule has 0 saturated carbocycles. The van der Waals surface area contributed by atoms with E-state index < -0.39 is 0 Å². The number of rotatable bonds is 7. The van der Waals surface area contributed by atoms with Crippen LogP contribution in [0.1, 0.15) is 49.7 Å². The zero-order valence-electron chi connectivity index (χ0n) is 12.7. The molecule has 1 aromatic heterocycles. The second-order valence-corrected chi connectivity index (χ2v) is 7.30. The maximum Gasteiger partial charge on any atom is 0.0934 e. The molecule has 0 saturated heterocycles. The van der Waals surface area contributed by atoms with Crippen molar-refractivity contribution in [2.24, 2.45) is 11.8 Å². The number of thiazole rings is 1. The average molecular weight is 268 g/mol. The lowest BCUT2D eigenvalue weighted by Gasteiger charge is -2.20. The first-order valence-corrected chi connectivity index (χ1v) is 7.86. The van der Waals surface area contributed by atoms with Crippen molar-refractivity contribution < 1.29 is 0 Å². The van der Waals surface area contributed by atoms with Crippen molar-refractivity contribution in [1.29, 1.82) is 0 Å². The van der Waals surface area contributed by atoms with Crippen molar-refractivity contribution in [2.45, 2.75) is 60.4 Å². The van der Waals surface area contributed by atoms with Crippen molar-refractivity contribution in [2.75, 3.05) is 6.54 Å². The average Bonchev–Trinajstić information content (AvgIpc) is 2.54. The Morgan fingerprint density at radius 3 is 2.28 bits per heavy atom. The van der Waals surface area contributed by atoms with E-state index in [9.17, 15) is 0 Å². The molecule has 2 nitrogen and oxygen atoms in total.